The average Bonchev–Trinajstić information content (AvgIpc) is 2.45. The zero-order valence-corrected chi connectivity index (χ0v) is 9.61. The van der Waals surface area contributed by atoms with E-state index in [1.165, 1.54) is 11.1 Å². The molecule has 1 aliphatic heterocycles. The third-order valence-electron chi connectivity index (χ3n) is 3.23. The normalized spacial score (nSPS) is 27.1. The van der Waals surface area contributed by atoms with Crippen LogP contribution in [0.3, 0.4) is 0 Å². The second-order valence-electron chi connectivity index (χ2n) is 4.82. The Balaban J connectivity index is 1.98. The molecule has 1 saturated heterocycles. The van der Waals surface area contributed by atoms with Crippen LogP contribution in [0.25, 0.3) is 0 Å². The third-order valence-corrected chi connectivity index (χ3v) is 3.23. The van der Waals surface area contributed by atoms with E-state index < -0.39 is 0 Å². The summed E-state index contributed by atoms with van der Waals surface area (Å²) in [6.07, 6.45) is 0. The smallest absolute Gasteiger partial charge is 0.0234 e. The molecule has 0 aliphatic carbocycles. The minimum atomic E-state index is 0.356. The fourth-order valence-electron chi connectivity index (χ4n) is 2.29. The van der Waals surface area contributed by atoms with Gasteiger partial charge < -0.3 is 5.73 Å². The van der Waals surface area contributed by atoms with E-state index in [1.807, 2.05) is 0 Å². The van der Waals surface area contributed by atoms with Crippen molar-refractivity contribution in [3.63, 3.8) is 0 Å². The van der Waals surface area contributed by atoms with Crippen LogP contribution in [0.15, 0.2) is 24.3 Å². The van der Waals surface area contributed by atoms with E-state index in [4.69, 9.17) is 5.73 Å². The Labute approximate surface area is 92.1 Å². The van der Waals surface area contributed by atoms with E-state index in [2.05, 4.69) is 43.0 Å². The van der Waals surface area contributed by atoms with Crippen LogP contribution >= 0.6 is 0 Å². The van der Waals surface area contributed by atoms with Crippen molar-refractivity contribution >= 4 is 0 Å². The van der Waals surface area contributed by atoms with Gasteiger partial charge in [-0.25, -0.2) is 0 Å². The number of likely N-dealkylation sites (tertiary alicyclic amines) is 1. The van der Waals surface area contributed by atoms with Crippen molar-refractivity contribution < 1.29 is 0 Å². The number of nitrogens with two attached hydrogens (primary N) is 1. The maximum atomic E-state index is 6.01. The largest absolute Gasteiger partial charge is 0.326 e. The SMILES string of the molecule is Cc1cccc(CN2CC(C)C(N)C2)c1. The summed E-state index contributed by atoms with van der Waals surface area (Å²) < 4.78 is 0. The Bertz CT molecular complexity index is 325. The fourth-order valence-corrected chi connectivity index (χ4v) is 2.29. The predicted molar refractivity (Wildman–Crippen MR) is 63.6 cm³/mol. The molecule has 0 bridgehead atoms. The van der Waals surface area contributed by atoms with Crippen LogP contribution < -0.4 is 5.73 Å². The van der Waals surface area contributed by atoms with Crippen LogP contribution in [0, 0.1) is 12.8 Å². The Kier molecular flexibility index (Phi) is 3.08. The lowest BCUT2D eigenvalue weighted by Gasteiger charge is -2.15. The predicted octanol–water partition coefficient (Wildman–Crippen LogP) is 1.77. The van der Waals surface area contributed by atoms with Crippen molar-refractivity contribution in [1.29, 1.82) is 0 Å². The molecular formula is C13H20N2. The zero-order valence-electron chi connectivity index (χ0n) is 9.61. The van der Waals surface area contributed by atoms with Gasteiger partial charge in [-0.1, -0.05) is 36.8 Å². The highest BCUT2D eigenvalue weighted by Crippen LogP contribution is 2.17. The molecule has 2 nitrogen and oxygen atoms in total. The Morgan fingerprint density at radius 1 is 1.40 bits per heavy atom. The first-order chi connectivity index (χ1) is 7.15. The fraction of sp³-hybridized carbons (Fsp3) is 0.538. The minimum Gasteiger partial charge on any atom is -0.326 e. The number of hydrogen-bond donors (Lipinski definition) is 1. The van der Waals surface area contributed by atoms with E-state index in [9.17, 15) is 0 Å². The summed E-state index contributed by atoms with van der Waals surface area (Å²) in [5.74, 6) is 0.634. The van der Waals surface area contributed by atoms with Gasteiger partial charge in [-0.05, 0) is 18.4 Å². The standard InChI is InChI=1S/C13H20N2/c1-10-4-3-5-12(6-10)8-15-7-11(2)13(14)9-15/h3-6,11,13H,7-9,14H2,1-2H3. The first-order valence-corrected chi connectivity index (χ1v) is 5.68. The molecule has 15 heavy (non-hydrogen) atoms. The number of hydrogen-bond acceptors (Lipinski definition) is 2. The number of aryl methyl sites for hydroxylation is 1. The van der Waals surface area contributed by atoms with Gasteiger partial charge in [0.1, 0.15) is 0 Å². The van der Waals surface area contributed by atoms with Crippen LogP contribution in [0.5, 0.6) is 0 Å². The van der Waals surface area contributed by atoms with Gasteiger partial charge >= 0.3 is 0 Å². The molecule has 2 N–H and O–H groups in total. The second-order valence-corrected chi connectivity index (χ2v) is 4.82. The molecule has 2 rings (SSSR count). The summed E-state index contributed by atoms with van der Waals surface area (Å²) in [5.41, 5.74) is 8.75. The molecule has 82 valence electrons. The summed E-state index contributed by atoms with van der Waals surface area (Å²) >= 11 is 0. The van der Waals surface area contributed by atoms with E-state index in [0.717, 1.165) is 19.6 Å². The van der Waals surface area contributed by atoms with Gasteiger partial charge in [0.05, 0.1) is 0 Å². The summed E-state index contributed by atoms with van der Waals surface area (Å²) in [4.78, 5) is 2.45. The molecule has 0 spiro atoms. The average molecular weight is 204 g/mol. The Morgan fingerprint density at radius 2 is 2.20 bits per heavy atom. The van der Waals surface area contributed by atoms with Crippen molar-refractivity contribution in [3.8, 4) is 0 Å². The van der Waals surface area contributed by atoms with Crippen molar-refractivity contribution in [1.82, 2.24) is 4.90 Å². The van der Waals surface area contributed by atoms with Gasteiger partial charge in [0.15, 0.2) is 0 Å². The van der Waals surface area contributed by atoms with Gasteiger partial charge in [-0.2, -0.15) is 0 Å². The lowest BCUT2D eigenvalue weighted by atomic mass is 10.1. The van der Waals surface area contributed by atoms with Crippen LogP contribution in [-0.2, 0) is 6.54 Å². The van der Waals surface area contributed by atoms with E-state index in [0.29, 0.717) is 12.0 Å². The summed E-state index contributed by atoms with van der Waals surface area (Å²) in [6.45, 7) is 7.59. The first kappa shape index (κ1) is 10.7. The summed E-state index contributed by atoms with van der Waals surface area (Å²) in [6, 6.07) is 9.08. The van der Waals surface area contributed by atoms with Gasteiger partial charge in [-0.15, -0.1) is 0 Å². The van der Waals surface area contributed by atoms with Crippen molar-refractivity contribution in [2.45, 2.75) is 26.4 Å². The zero-order chi connectivity index (χ0) is 10.8. The highest BCUT2D eigenvalue weighted by Gasteiger charge is 2.26. The second kappa shape index (κ2) is 4.33. The molecule has 0 saturated carbocycles. The Morgan fingerprint density at radius 3 is 2.80 bits per heavy atom. The topological polar surface area (TPSA) is 29.3 Å². The van der Waals surface area contributed by atoms with Crippen LogP contribution in [0.1, 0.15) is 18.1 Å². The van der Waals surface area contributed by atoms with Crippen LogP contribution in [-0.4, -0.2) is 24.0 Å². The van der Waals surface area contributed by atoms with E-state index in [1.54, 1.807) is 0 Å². The molecule has 1 aliphatic rings. The summed E-state index contributed by atoms with van der Waals surface area (Å²) in [5, 5.41) is 0. The lowest BCUT2D eigenvalue weighted by Crippen LogP contribution is -2.28. The van der Waals surface area contributed by atoms with Crippen molar-refractivity contribution in [2.24, 2.45) is 11.7 Å². The van der Waals surface area contributed by atoms with Gasteiger partial charge in [0.2, 0.25) is 0 Å². The van der Waals surface area contributed by atoms with Crippen LogP contribution in [0.2, 0.25) is 0 Å². The molecular weight excluding hydrogens is 184 g/mol. The van der Waals surface area contributed by atoms with Crippen molar-refractivity contribution in [3.05, 3.63) is 35.4 Å². The molecule has 1 heterocycles. The summed E-state index contributed by atoms with van der Waals surface area (Å²) in [7, 11) is 0. The van der Waals surface area contributed by atoms with E-state index >= 15 is 0 Å². The maximum Gasteiger partial charge on any atom is 0.0234 e. The Hall–Kier alpha value is -0.860. The van der Waals surface area contributed by atoms with Crippen LogP contribution in [0.4, 0.5) is 0 Å². The first-order valence-electron chi connectivity index (χ1n) is 5.68. The van der Waals surface area contributed by atoms with Crippen molar-refractivity contribution in [2.75, 3.05) is 13.1 Å². The molecule has 2 heteroatoms. The minimum absolute atomic E-state index is 0.356. The monoisotopic (exact) mass is 204 g/mol. The number of nitrogens with zero attached hydrogens (tertiary/aromatic N) is 1. The molecule has 0 aromatic heterocycles. The molecule has 1 fully saturated rings. The quantitative estimate of drug-likeness (QED) is 0.795. The van der Waals surface area contributed by atoms with E-state index in [-0.39, 0.29) is 0 Å². The third kappa shape index (κ3) is 2.58. The molecule has 1 aromatic carbocycles. The highest BCUT2D eigenvalue weighted by atomic mass is 15.2. The van der Waals surface area contributed by atoms with Gasteiger partial charge in [0, 0.05) is 25.7 Å². The highest BCUT2D eigenvalue weighted by molar-refractivity contribution is 5.22. The molecule has 0 amide bonds. The molecule has 2 atom stereocenters. The maximum absolute atomic E-state index is 6.01. The molecule has 2 unspecified atom stereocenters. The number of rotatable bonds is 2. The molecule has 1 aromatic rings. The lowest BCUT2D eigenvalue weighted by molar-refractivity contribution is 0.319. The van der Waals surface area contributed by atoms with Gasteiger partial charge in [-0.3, -0.25) is 4.90 Å². The molecule has 0 radical (unpaired) electrons. The van der Waals surface area contributed by atoms with Gasteiger partial charge in [0.25, 0.3) is 0 Å². The number of benzene rings is 1.